The van der Waals surface area contributed by atoms with Gasteiger partial charge in [0.15, 0.2) is 0 Å². The quantitative estimate of drug-likeness (QED) is 0.465. The molecule has 2 heterocycles. The molecule has 6 heteroatoms. The SMILES string of the molecule is COCC(C)Nc1nc2cc(-c3ccc(-c4ccc(Cl)cc4)cn3)ccc2n1C. The predicted molar refractivity (Wildman–Crippen MR) is 119 cm³/mol. The number of hydrogen-bond donors (Lipinski definition) is 1. The van der Waals surface area contributed by atoms with Crippen LogP contribution in [0.2, 0.25) is 5.02 Å². The summed E-state index contributed by atoms with van der Waals surface area (Å²) in [7, 11) is 3.71. The molecule has 0 bridgehead atoms. The summed E-state index contributed by atoms with van der Waals surface area (Å²) in [4.78, 5) is 9.41. The van der Waals surface area contributed by atoms with E-state index in [-0.39, 0.29) is 6.04 Å². The maximum absolute atomic E-state index is 5.97. The third kappa shape index (κ3) is 4.11. The Hall–Kier alpha value is -2.89. The first-order valence-electron chi connectivity index (χ1n) is 9.49. The lowest BCUT2D eigenvalue weighted by Crippen LogP contribution is -2.22. The van der Waals surface area contributed by atoms with Gasteiger partial charge in [-0.1, -0.05) is 35.9 Å². The third-order valence-corrected chi connectivity index (χ3v) is 5.16. The number of ether oxygens (including phenoxy) is 1. The van der Waals surface area contributed by atoms with Crippen LogP contribution in [0.25, 0.3) is 33.4 Å². The van der Waals surface area contributed by atoms with Gasteiger partial charge in [0.05, 0.1) is 23.3 Å². The molecule has 4 aromatic rings. The highest BCUT2D eigenvalue weighted by molar-refractivity contribution is 6.30. The molecule has 0 saturated carbocycles. The van der Waals surface area contributed by atoms with Crippen molar-refractivity contribution in [2.75, 3.05) is 19.0 Å². The Balaban J connectivity index is 1.61. The number of pyridine rings is 1. The Morgan fingerprint density at radius 1 is 1.03 bits per heavy atom. The van der Waals surface area contributed by atoms with Crippen LogP contribution in [0.1, 0.15) is 6.92 Å². The van der Waals surface area contributed by atoms with Crippen molar-refractivity contribution in [3.8, 4) is 22.4 Å². The van der Waals surface area contributed by atoms with Crippen molar-refractivity contribution in [2.45, 2.75) is 13.0 Å². The smallest absolute Gasteiger partial charge is 0.203 e. The number of benzene rings is 2. The highest BCUT2D eigenvalue weighted by Gasteiger charge is 2.12. The minimum Gasteiger partial charge on any atom is -0.383 e. The van der Waals surface area contributed by atoms with Gasteiger partial charge in [-0.3, -0.25) is 4.98 Å². The van der Waals surface area contributed by atoms with Crippen LogP contribution >= 0.6 is 11.6 Å². The minimum atomic E-state index is 0.178. The van der Waals surface area contributed by atoms with Crippen LogP contribution in [0.3, 0.4) is 0 Å². The second kappa shape index (κ2) is 8.23. The first-order chi connectivity index (χ1) is 14.0. The van der Waals surface area contributed by atoms with Crippen molar-refractivity contribution < 1.29 is 4.74 Å². The molecule has 2 aromatic carbocycles. The molecular weight excluding hydrogens is 384 g/mol. The number of methoxy groups -OCH3 is 1. The van der Waals surface area contributed by atoms with Crippen LogP contribution in [0.4, 0.5) is 5.95 Å². The van der Waals surface area contributed by atoms with Gasteiger partial charge in [-0.05, 0) is 42.8 Å². The maximum Gasteiger partial charge on any atom is 0.203 e. The Kier molecular flexibility index (Phi) is 5.51. The van der Waals surface area contributed by atoms with Crippen LogP contribution in [0.5, 0.6) is 0 Å². The molecule has 1 atom stereocenters. The molecule has 0 amide bonds. The predicted octanol–water partition coefficient (Wildman–Crippen LogP) is 5.40. The molecule has 5 nitrogen and oxygen atoms in total. The van der Waals surface area contributed by atoms with E-state index < -0.39 is 0 Å². The lowest BCUT2D eigenvalue weighted by Gasteiger charge is -2.13. The number of imidazole rings is 1. The average Bonchev–Trinajstić information content (AvgIpc) is 3.03. The van der Waals surface area contributed by atoms with Gasteiger partial charge in [-0.15, -0.1) is 0 Å². The molecule has 0 aliphatic rings. The van der Waals surface area contributed by atoms with Crippen LogP contribution in [-0.4, -0.2) is 34.3 Å². The fourth-order valence-electron chi connectivity index (χ4n) is 3.38. The fraction of sp³-hybridized carbons (Fsp3) is 0.217. The molecular formula is C23H23ClN4O. The lowest BCUT2D eigenvalue weighted by atomic mass is 10.1. The number of nitrogens with zero attached hydrogens (tertiary/aromatic N) is 3. The van der Waals surface area contributed by atoms with E-state index in [0.29, 0.717) is 6.61 Å². The summed E-state index contributed by atoms with van der Waals surface area (Å²) in [6.45, 7) is 2.69. The molecule has 0 fully saturated rings. The number of nitrogens with one attached hydrogen (secondary N) is 1. The van der Waals surface area contributed by atoms with E-state index in [2.05, 4.69) is 46.1 Å². The highest BCUT2D eigenvalue weighted by Crippen LogP contribution is 2.27. The van der Waals surface area contributed by atoms with Crippen molar-refractivity contribution in [3.63, 3.8) is 0 Å². The van der Waals surface area contributed by atoms with Gasteiger partial charge in [0.25, 0.3) is 0 Å². The van der Waals surface area contributed by atoms with E-state index in [4.69, 9.17) is 21.3 Å². The van der Waals surface area contributed by atoms with Gasteiger partial charge >= 0.3 is 0 Å². The van der Waals surface area contributed by atoms with Gasteiger partial charge in [-0.25, -0.2) is 4.98 Å². The van der Waals surface area contributed by atoms with E-state index in [1.165, 1.54) is 0 Å². The van der Waals surface area contributed by atoms with Crippen molar-refractivity contribution >= 4 is 28.6 Å². The highest BCUT2D eigenvalue weighted by atomic mass is 35.5. The number of hydrogen-bond acceptors (Lipinski definition) is 4. The minimum absolute atomic E-state index is 0.178. The Morgan fingerprint density at radius 3 is 2.45 bits per heavy atom. The van der Waals surface area contributed by atoms with E-state index in [1.807, 2.05) is 43.6 Å². The Morgan fingerprint density at radius 2 is 1.76 bits per heavy atom. The second-order valence-corrected chi connectivity index (χ2v) is 7.57. The maximum atomic E-state index is 5.97. The first kappa shape index (κ1) is 19.4. The third-order valence-electron chi connectivity index (χ3n) is 4.91. The number of halogens is 1. The summed E-state index contributed by atoms with van der Waals surface area (Å²) < 4.78 is 7.26. The summed E-state index contributed by atoms with van der Waals surface area (Å²) in [5, 5.41) is 4.12. The molecule has 148 valence electrons. The normalized spacial score (nSPS) is 12.3. The molecule has 1 N–H and O–H groups in total. The molecule has 1 unspecified atom stereocenters. The van der Waals surface area contributed by atoms with E-state index >= 15 is 0 Å². The number of fused-ring (bicyclic) bond motifs is 1. The number of anilines is 1. The summed E-state index contributed by atoms with van der Waals surface area (Å²) in [6, 6.07) is 18.3. The summed E-state index contributed by atoms with van der Waals surface area (Å²) >= 11 is 5.97. The van der Waals surface area contributed by atoms with Crippen LogP contribution < -0.4 is 5.32 Å². The molecule has 4 rings (SSSR count). The Bertz CT molecular complexity index is 1120. The van der Waals surface area contributed by atoms with Crippen molar-refractivity contribution in [2.24, 2.45) is 7.05 Å². The van der Waals surface area contributed by atoms with E-state index in [0.717, 1.165) is 44.4 Å². The topological polar surface area (TPSA) is 52.0 Å². The van der Waals surface area contributed by atoms with Gasteiger partial charge < -0.3 is 14.6 Å². The van der Waals surface area contributed by atoms with Gasteiger partial charge in [-0.2, -0.15) is 0 Å². The van der Waals surface area contributed by atoms with E-state index in [1.54, 1.807) is 7.11 Å². The molecule has 29 heavy (non-hydrogen) atoms. The lowest BCUT2D eigenvalue weighted by molar-refractivity contribution is 0.190. The molecule has 2 aromatic heterocycles. The van der Waals surface area contributed by atoms with Gasteiger partial charge in [0, 0.05) is 42.5 Å². The summed E-state index contributed by atoms with van der Waals surface area (Å²) in [5.74, 6) is 0.827. The van der Waals surface area contributed by atoms with Crippen LogP contribution in [0.15, 0.2) is 60.8 Å². The zero-order valence-electron chi connectivity index (χ0n) is 16.7. The van der Waals surface area contributed by atoms with Crippen LogP contribution in [-0.2, 0) is 11.8 Å². The zero-order chi connectivity index (χ0) is 20.4. The largest absolute Gasteiger partial charge is 0.383 e. The number of aromatic nitrogens is 3. The molecule has 0 aliphatic heterocycles. The molecule has 0 aliphatic carbocycles. The molecule has 0 radical (unpaired) electrons. The van der Waals surface area contributed by atoms with Crippen molar-refractivity contribution in [1.29, 1.82) is 0 Å². The molecule has 0 spiro atoms. The summed E-state index contributed by atoms with van der Waals surface area (Å²) in [5.41, 5.74) is 6.10. The van der Waals surface area contributed by atoms with Crippen molar-refractivity contribution in [1.82, 2.24) is 14.5 Å². The van der Waals surface area contributed by atoms with E-state index in [9.17, 15) is 0 Å². The first-order valence-corrected chi connectivity index (χ1v) is 9.87. The number of rotatable bonds is 6. The van der Waals surface area contributed by atoms with Gasteiger partial charge in [0.1, 0.15) is 0 Å². The average molecular weight is 407 g/mol. The molecule has 0 saturated heterocycles. The monoisotopic (exact) mass is 406 g/mol. The number of aryl methyl sites for hydroxylation is 1. The fourth-order valence-corrected chi connectivity index (χ4v) is 3.50. The van der Waals surface area contributed by atoms with Gasteiger partial charge in [0.2, 0.25) is 5.95 Å². The standard InChI is InChI=1S/C23H23ClN4O/c1-15(14-29-3)26-23-27-21-12-17(7-11-22(21)28(23)2)20-10-6-18(13-25-20)16-4-8-19(24)9-5-16/h4-13,15H,14H2,1-3H3,(H,26,27). The zero-order valence-corrected chi connectivity index (χ0v) is 17.4. The Labute approximate surface area is 175 Å². The van der Waals surface area contributed by atoms with Crippen molar-refractivity contribution in [3.05, 3.63) is 65.8 Å². The van der Waals surface area contributed by atoms with Crippen LogP contribution in [0, 0.1) is 0 Å². The second-order valence-electron chi connectivity index (χ2n) is 7.14. The summed E-state index contributed by atoms with van der Waals surface area (Å²) in [6.07, 6.45) is 1.89.